The summed E-state index contributed by atoms with van der Waals surface area (Å²) >= 11 is 0. The van der Waals surface area contributed by atoms with Gasteiger partial charge in [0.2, 0.25) is 18.1 Å². The maximum Gasteiger partial charge on any atom is 0.416 e. The molecule has 0 spiro atoms. The van der Waals surface area contributed by atoms with Crippen LogP contribution >= 0.6 is 0 Å². The van der Waals surface area contributed by atoms with Crippen LogP contribution in [-0.4, -0.2) is 11.1 Å². The highest BCUT2D eigenvalue weighted by molar-refractivity contribution is 7.20. The van der Waals surface area contributed by atoms with Crippen LogP contribution in [0.4, 0.5) is 105 Å². The van der Waals surface area contributed by atoms with E-state index in [1.807, 2.05) is 31.2 Å². The lowest BCUT2D eigenvalue weighted by Gasteiger charge is -2.46. The highest BCUT2D eigenvalue weighted by atomic mass is 19.4. The molecule has 1 aromatic heterocycles. The summed E-state index contributed by atoms with van der Waals surface area (Å²) < 4.78 is 342. The van der Waals surface area contributed by atoms with Gasteiger partial charge in [-0.25, -0.2) is 4.84 Å². The lowest BCUT2D eigenvalue weighted by molar-refractivity contribution is -0.875. The molecule has 0 unspecified atom stereocenters. The van der Waals surface area contributed by atoms with E-state index in [0.29, 0.717) is 0 Å². The number of benzene rings is 5. The largest absolute Gasteiger partial charge is 0.416 e. The second-order valence-electron chi connectivity index (χ2n) is 15.2. The Hall–Kier alpha value is -6.64. The molecule has 0 atom stereocenters. The summed E-state index contributed by atoms with van der Waals surface area (Å²) in [5.41, 5.74) is -29.0. The van der Waals surface area contributed by atoms with E-state index >= 15 is 0 Å². The Bertz CT molecular complexity index is 2420. The van der Waals surface area contributed by atoms with Crippen LogP contribution in [0.5, 0.6) is 5.75 Å². The highest BCUT2D eigenvalue weighted by Crippen LogP contribution is 2.41. The standard InChI is InChI=1S/C32H12BF24.C11H11N2O/c34-25(35,36)13-1-14(26(37,38)39)6-21(5-13)33(22-7-15(27(40,41)42)2-16(8-22)28(43,44)45,23-9-17(29(46,47)48)3-18(10-23)30(49,50)51)24-11-19(31(52,53)54)4-20(12-24)32(55,56)57;1-10-3-2-4-11(9-10)14-13-7-5-12-6-8-13/h1-12H;2-9H,1H3/q-1;+1. The van der Waals surface area contributed by atoms with Crippen molar-refractivity contribution in [2.75, 3.05) is 0 Å². The predicted octanol–water partition coefficient (Wildman–Crippen LogP) is 12.7. The number of rotatable bonds is 6. The topological polar surface area (TPSA) is 26.0 Å². The fourth-order valence-corrected chi connectivity index (χ4v) is 7.23. The molecule has 0 fully saturated rings. The fraction of sp³-hybridized carbons (Fsp3) is 0.209. The van der Waals surface area contributed by atoms with Crippen molar-refractivity contribution in [3.05, 3.63) is 172 Å². The van der Waals surface area contributed by atoms with Gasteiger partial charge in [-0.3, -0.25) is 4.98 Å². The maximum atomic E-state index is 14.2. The van der Waals surface area contributed by atoms with Crippen molar-refractivity contribution in [3.8, 4) is 5.75 Å². The molecule has 0 saturated carbocycles. The Labute approximate surface area is 381 Å². The molecule has 0 bridgehead atoms. The van der Waals surface area contributed by atoms with Crippen LogP contribution in [-0.2, 0) is 49.4 Å². The molecule has 0 aliphatic heterocycles. The van der Waals surface area contributed by atoms with Crippen molar-refractivity contribution < 1.29 is 115 Å². The van der Waals surface area contributed by atoms with Crippen molar-refractivity contribution >= 4 is 28.0 Å². The van der Waals surface area contributed by atoms with Crippen molar-refractivity contribution in [1.29, 1.82) is 0 Å². The van der Waals surface area contributed by atoms with Crippen molar-refractivity contribution in [3.63, 3.8) is 0 Å². The minimum absolute atomic E-state index is 0.691. The van der Waals surface area contributed by atoms with Crippen LogP contribution in [0, 0.1) is 6.92 Å². The fourth-order valence-electron chi connectivity index (χ4n) is 7.23. The van der Waals surface area contributed by atoms with E-state index in [2.05, 4.69) is 4.98 Å². The zero-order valence-electron chi connectivity index (χ0n) is 34.5. The van der Waals surface area contributed by atoms with Crippen molar-refractivity contribution in [2.24, 2.45) is 0 Å². The van der Waals surface area contributed by atoms with Crippen molar-refractivity contribution in [1.82, 2.24) is 4.98 Å². The summed E-state index contributed by atoms with van der Waals surface area (Å²) in [7, 11) is 0. The van der Waals surface area contributed by atoms with Gasteiger partial charge >= 0.3 is 49.4 Å². The summed E-state index contributed by atoms with van der Waals surface area (Å²) in [5, 5.41) is 0. The van der Waals surface area contributed by atoms with Gasteiger partial charge in [-0.15, -0.1) is 0 Å². The molecule has 3 nitrogen and oxygen atoms in total. The Kier molecular flexibility index (Phi) is 14.7. The lowest BCUT2D eigenvalue weighted by Crippen LogP contribution is -2.75. The Morgan fingerprint density at radius 2 is 0.592 bits per heavy atom. The molecule has 0 radical (unpaired) electrons. The van der Waals surface area contributed by atoms with E-state index in [9.17, 15) is 105 Å². The summed E-state index contributed by atoms with van der Waals surface area (Å²) in [4.78, 5) is 9.44. The number of aryl methyl sites for hydroxylation is 1. The van der Waals surface area contributed by atoms with Crippen LogP contribution in [0.3, 0.4) is 0 Å². The van der Waals surface area contributed by atoms with Gasteiger partial charge in [-0.2, -0.15) is 127 Å². The Balaban J connectivity index is 0.000000569. The molecule has 6 aromatic rings. The van der Waals surface area contributed by atoms with E-state index in [1.165, 1.54) is 5.56 Å². The number of alkyl halides is 24. The molecule has 5 aromatic carbocycles. The van der Waals surface area contributed by atoms with Gasteiger partial charge < -0.3 is 0 Å². The minimum Gasteiger partial charge on any atom is -0.252 e. The van der Waals surface area contributed by atoms with E-state index < -0.39 is 195 Å². The Morgan fingerprint density at radius 1 is 0.352 bits per heavy atom. The molecule has 0 aliphatic rings. The molecule has 382 valence electrons. The Morgan fingerprint density at radius 3 is 0.803 bits per heavy atom. The third kappa shape index (κ3) is 13.0. The van der Waals surface area contributed by atoms with Crippen LogP contribution in [0.25, 0.3) is 0 Å². The average molecular weight is 1050 g/mol. The normalized spacial score (nSPS) is 13.4. The zero-order chi connectivity index (χ0) is 53.7. The molecule has 28 heteroatoms. The smallest absolute Gasteiger partial charge is 0.252 e. The molecule has 1 heterocycles. The van der Waals surface area contributed by atoms with Crippen LogP contribution < -0.4 is 31.4 Å². The molecule has 0 saturated heterocycles. The van der Waals surface area contributed by atoms with E-state index in [-0.39, 0.29) is 0 Å². The van der Waals surface area contributed by atoms with Crippen LogP contribution in [0.1, 0.15) is 50.1 Å². The zero-order valence-corrected chi connectivity index (χ0v) is 34.5. The molecule has 6 rings (SSSR count). The van der Waals surface area contributed by atoms with Crippen LogP contribution in [0.15, 0.2) is 122 Å². The summed E-state index contributed by atoms with van der Waals surface area (Å²) in [6.45, 7) is 2.03. The number of hydrogen-bond donors (Lipinski definition) is 0. The molecular weight excluding hydrogens is 1030 g/mol. The quantitative estimate of drug-likeness (QED) is 0.0944. The number of nitrogens with zero attached hydrogens (tertiary/aromatic N) is 2. The van der Waals surface area contributed by atoms with E-state index in [1.54, 1.807) is 29.5 Å². The first-order chi connectivity index (χ1) is 32.1. The molecule has 0 amide bonds. The lowest BCUT2D eigenvalue weighted by atomic mass is 9.12. The van der Waals surface area contributed by atoms with Gasteiger partial charge in [0.05, 0.1) is 56.9 Å². The van der Waals surface area contributed by atoms with Gasteiger partial charge in [-0.05, 0) is 48.9 Å². The average Bonchev–Trinajstić information content (AvgIpc) is 3.22. The summed E-state index contributed by atoms with van der Waals surface area (Å²) in [6, 6.07) is -0.917. The first-order valence-electron chi connectivity index (χ1n) is 19.0. The van der Waals surface area contributed by atoms with Crippen molar-refractivity contribution in [2.45, 2.75) is 56.3 Å². The number of aromatic nitrogens is 2. The van der Waals surface area contributed by atoms with Gasteiger partial charge in [-0.1, -0.05) is 60.7 Å². The van der Waals surface area contributed by atoms with Crippen LogP contribution in [0.2, 0.25) is 0 Å². The second-order valence-corrected chi connectivity index (χ2v) is 15.2. The third-order valence-corrected chi connectivity index (χ3v) is 10.2. The summed E-state index contributed by atoms with van der Waals surface area (Å²) in [6.07, 6.45) is -47.9. The third-order valence-electron chi connectivity index (χ3n) is 10.2. The van der Waals surface area contributed by atoms with Gasteiger partial charge in [0.15, 0.2) is 0 Å². The maximum absolute atomic E-state index is 14.2. The van der Waals surface area contributed by atoms with E-state index in [0.717, 1.165) is 5.75 Å². The molecule has 0 aliphatic carbocycles. The van der Waals surface area contributed by atoms with Gasteiger partial charge in [0, 0.05) is 4.73 Å². The molecular formula is C43H23BF24N2O. The molecule has 71 heavy (non-hydrogen) atoms. The summed E-state index contributed by atoms with van der Waals surface area (Å²) in [5.74, 6) is 0.821. The predicted molar refractivity (Wildman–Crippen MR) is 202 cm³/mol. The van der Waals surface area contributed by atoms with Gasteiger partial charge in [0.25, 0.3) is 0 Å². The monoisotopic (exact) mass is 1050 g/mol. The number of hydrogen-bond acceptors (Lipinski definition) is 2. The first kappa shape index (κ1) is 55.3. The SMILES string of the molecule is Cc1cccc(O[n+]2ccncc2)c1.FC(F)(F)c1cc([B-](c2cc(C(F)(F)F)cc(C(F)(F)F)c2)(c2cc(C(F)(F)F)cc(C(F)(F)F)c2)c2cc(C(F)(F)F)cc(C(F)(F)F)c2)cc(C(F)(F)F)c1. The first-order valence-corrected chi connectivity index (χ1v) is 19.0. The molecule has 0 N–H and O–H groups in total. The second kappa shape index (κ2) is 18.8. The highest BCUT2D eigenvalue weighted by Gasteiger charge is 2.47. The minimum atomic E-state index is -6.13. The van der Waals surface area contributed by atoms with Gasteiger partial charge in [0.1, 0.15) is 6.15 Å². The van der Waals surface area contributed by atoms with E-state index in [4.69, 9.17) is 4.84 Å². The number of halogens is 24.